The van der Waals surface area contributed by atoms with E-state index in [0.717, 1.165) is 0 Å². The molecule has 1 N–H and O–H groups in total. The fourth-order valence-electron chi connectivity index (χ4n) is 1.82. The van der Waals surface area contributed by atoms with Gasteiger partial charge in [-0.2, -0.15) is 10.2 Å². The van der Waals surface area contributed by atoms with Crippen LogP contribution in [0.25, 0.3) is 11.3 Å². The largest absolute Gasteiger partial charge is 0.495 e. The fraction of sp³-hybridized carbons (Fsp3) is 0.214. The van der Waals surface area contributed by atoms with Crippen LogP contribution in [0.3, 0.4) is 0 Å². The second-order valence-corrected chi connectivity index (χ2v) is 3.95. The predicted molar refractivity (Wildman–Crippen MR) is 71.3 cm³/mol. The molecule has 1 aromatic heterocycles. The molecule has 0 bridgehead atoms. The molecule has 0 radical (unpaired) electrons. The Hall–Kier alpha value is -2.47. The van der Waals surface area contributed by atoms with Crippen molar-refractivity contribution in [2.24, 2.45) is 0 Å². The highest BCUT2D eigenvalue weighted by molar-refractivity contribution is 5.95. The number of nitrogens with zero attached hydrogens (tertiary/aromatic N) is 2. The minimum absolute atomic E-state index is 0.174. The van der Waals surface area contributed by atoms with Crippen molar-refractivity contribution in [3.05, 3.63) is 41.6 Å². The first-order valence-electron chi connectivity index (χ1n) is 5.90. The van der Waals surface area contributed by atoms with Crippen molar-refractivity contribution in [1.82, 2.24) is 10.2 Å². The zero-order valence-corrected chi connectivity index (χ0v) is 11.2. The van der Waals surface area contributed by atoms with Crippen LogP contribution < -0.4 is 4.74 Å². The monoisotopic (exact) mass is 274 g/mol. The molecule has 104 valence electrons. The predicted octanol–water partition coefficient (Wildman–Crippen LogP) is 1.43. The maximum absolute atomic E-state index is 11.7. The van der Waals surface area contributed by atoms with Crippen LogP contribution in [0.15, 0.2) is 30.3 Å². The van der Waals surface area contributed by atoms with Crippen LogP contribution in [0, 0.1) is 0 Å². The third kappa shape index (κ3) is 2.60. The van der Waals surface area contributed by atoms with E-state index in [2.05, 4.69) is 10.2 Å². The first kappa shape index (κ1) is 14.0. The molecule has 0 fully saturated rings. The summed E-state index contributed by atoms with van der Waals surface area (Å²) in [6.45, 7) is -0.174. The number of para-hydroxylation sites is 1. The van der Waals surface area contributed by atoms with E-state index in [0.29, 0.717) is 28.3 Å². The van der Waals surface area contributed by atoms with Crippen molar-refractivity contribution in [2.75, 3.05) is 14.2 Å². The summed E-state index contributed by atoms with van der Waals surface area (Å²) >= 11 is 0. The van der Waals surface area contributed by atoms with Crippen LogP contribution in [0.5, 0.6) is 5.75 Å². The lowest BCUT2D eigenvalue weighted by Gasteiger charge is -2.11. The van der Waals surface area contributed by atoms with Crippen LogP contribution in [0.2, 0.25) is 0 Å². The van der Waals surface area contributed by atoms with Crippen molar-refractivity contribution in [3.63, 3.8) is 0 Å². The zero-order chi connectivity index (χ0) is 14.5. The number of aromatic nitrogens is 2. The number of hydrogen-bond donors (Lipinski definition) is 1. The Bertz CT molecular complexity index is 611. The molecule has 0 saturated heterocycles. The smallest absolute Gasteiger partial charge is 0.341 e. The molecule has 2 aromatic rings. The van der Waals surface area contributed by atoms with Crippen LogP contribution in [-0.2, 0) is 11.3 Å². The fourth-order valence-corrected chi connectivity index (χ4v) is 1.82. The number of benzene rings is 1. The first-order valence-corrected chi connectivity index (χ1v) is 5.90. The number of aliphatic hydroxyl groups excluding tert-OH is 1. The lowest BCUT2D eigenvalue weighted by molar-refractivity contribution is 0.0597. The summed E-state index contributed by atoms with van der Waals surface area (Å²) in [5.41, 5.74) is 1.97. The first-order chi connectivity index (χ1) is 9.71. The number of esters is 1. The van der Waals surface area contributed by atoms with Gasteiger partial charge in [0.25, 0.3) is 0 Å². The highest BCUT2D eigenvalue weighted by Gasteiger charge is 2.17. The van der Waals surface area contributed by atoms with Crippen molar-refractivity contribution >= 4 is 5.97 Å². The molecule has 0 unspecified atom stereocenters. The van der Waals surface area contributed by atoms with Crippen LogP contribution in [0.4, 0.5) is 0 Å². The Labute approximate surface area is 116 Å². The number of carbonyl (C=O) groups is 1. The van der Waals surface area contributed by atoms with E-state index in [1.165, 1.54) is 14.2 Å². The van der Waals surface area contributed by atoms with Crippen molar-refractivity contribution in [1.29, 1.82) is 0 Å². The summed E-state index contributed by atoms with van der Waals surface area (Å²) in [5.74, 6) is -0.103. The second kappa shape index (κ2) is 6.12. The number of ether oxygens (including phenoxy) is 2. The Morgan fingerprint density at radius 3 is 2.55 bits per heavy atom. The number of methoxy groups -OCH3 is 2. The third-order valence-electron chi connectivity index (χ3n) is 2.78. The molecule has 20 heavy (non-hydrogen) atoms. The molecule has 0 spiro atoms. The van der Waals surface area contributed by atoms with Gasteiger partial charge in [-0.05, 0) is 24.3 Å². The van der Waals surface area contributed by atoms with Gasteiger partial charge < -0.3 is 14.6 Å². The van der Waals surface area contributed by atoms with E-state index in [-0.39, 0.29) is 6.61 Å². The molecule has 0 aliphatic rings. The minimum atomic E-state index is -0.483. The topological polar surface area (TPSA) is 81.5 Å². The van der Waals surface area contributed by atoms with Crippen LogP contribution in [-0.4, -0.2) is 35.5 Å². The van der Waals surface area contributed by atoms with Gasteiger partial charge in [-0.15, -0.1) is 0 Å². The Balaban J connectivity index is 2.52. The molecule has 0 aliphatic heterocycles. The minimum Gasteiger partial charge on any atom is -0.495 e. The van der Waals surface area contributed by atoms with E-state index in [1.807, 2.05) is 0 Å². The molecular formula is C14H14N2O4. The number of rotatable bonds is 4. The highest BCUT2D eigenvalue weighted by Crippen LogP contribution is 2.32. The van der Waals surface area contributed by atoms with Gasteiger partial charge >= 0.3 is 5.97 Å². The lowest BCUT2D eigenvalue weighted by Crippen LogP contribution is -2.05. The Kier molecular flexibility index (Phi) is 4.27. The molecule has 1 heterocycles. The zero-order valence-electron chi connectivity index (χ0n) is 11.2. The van der Waals surface area contributed by atoms with E-state index >= 15 is 0 Å². The van der Waals surface area contributed by atoms with Crippen LogP contribution in [0.1, 0.15) is 16.1 Å². The maximum Gasteiger partial charge on any atom is 0.341 e. The van der Waals surface area contributed by atoms with Gasteiger partial charge in [-0.1, -0.05) is 6.07 Å². The van der Waals surface area contributed by atoms with Gasteiger partial charge in [0.15, 0.2) is 0 Å². The van der Waals surface area contributed by atoms with Crippen molar-refractivity contribution in [2.45, 2.75) is 6.61 Å². The molecule has 6 heteroatoms. The van der Waals surface area contributed by atoms with E-state index < -0.39 is 5.97 Å². The van der Waals surface area contributed by atoms with Gasteiger partial charge in [0.05, 0.1) is 32.2 Å². The molecule has 0 saturated carbocycles. The molecule has 6 nitrogen and oxygen atoms in total. The molecule has 0 aliphatic carbocycles. The Morgan fingerprint density at radius 1 is 1.20 bits per heavy atom. The highest BCUT2D eigenvalue weighted by atomic mass is 16.5. The van der Waals surface area contributed by atoms with Gasteiger partial charge in [-0.3, -0.25) is 0 Å². The number of carbonyl (C=O) groups excluding carboxylic acids is 1. The normalized spacial score (nSPS) is 10.2. The number of hydrogen-bond acceptors (Lipinski definition) is 6. The molecule has 0 amide bonds. The summed E-state index contributed by atoms with van der Waals surface area (Å²) in [4.78, 5) is 11.7. The second-order valence-electron chi connectivity index (χ2n) is 3.95. The summed E-state index contributed by atoms with van der Waals surface area (Å²) in [7, 11) is 2.78. The Morgan fingerprint density at radius 2 is 2.00 bits per heavy atom. The summed E-state index contributed by atoms with van der Waals surface area (Å²) in [5, 5.41) is 16.8. The lowest BCUT2D eigenvalue weighted by atomic mass is 10.1. The standard InChI is InChI=1S/C14H14N2O4/c1-19-13-10(4-3-5-11(13)14(18)20-2)12-7-6-9(8-17)15-16-12/h3-7,17H,8H2,1-2H3. The summed E-state index contributed by atoms with van der Waals surface area (Å²) < 4.78 is 10.0. The summed E-state index contributed by atoms with van der Waals surface area (Å²) in [6, 6.07) is 8.47. The quantitative estimate of drug-likeness (QED) is 0.849. The molecule has 2 rings (SSSR count). The van der Waals surface area contributed by atoms with Gasteiger partial charge in [-0.25, -0.2) is 4.79 Å². The average molecular weight is 274 g/mol. The summed E-state index contributed by atoms with van der Waals surface area (Å²) in [6.07, 6.45) is 0. The van der Waals surface area contributed by atoms with Crippen LogP contribution >= 0.6 is 0 Å². The van der Waals surface area contributed by atoms with E-state index in [1.54, 1.807) is 30.3 Å². The van der Waals surface area contributed by atoms with Gasteiger partial charge in [0.1, 0.15) is 11.3 Å². The molecule has 0 atom stereocenters. The number of aliphatic hydroxyl groups is 1. The van der Waals surface area contributed by atoms with Crippen molar-refractivity contribution < 1.29 is 19.4 Å². The van der Waals surface area contributed by atoms with Gasteiger partial charge in [0, 0.05) is 5.56 Å². The van der Waals surface area contributed by atoms with Crippen molar-refractivity contribution in [3.8, 4) is 17.0 Å². The van der Waals surface area contributed by atoms with E-state index in [9.17, 15) is 4.79 Å². The third-order valence-corrected chi connectivity index (χ3v) is 2.78. The maximum atomic E-state index is 11.7. The molecular weight excluding hydrogens is 260 g/mol. The average Bonchev–Trinajstić information content (AvgIpc) is 2.53. The van der Waals surface area contributed by atoms with E-state index in [4.69, 9.17) is 14.6 Å². The molecule has 1 aromatic carbocycles. The SMILES string of the molecule is COC(=O)c1cccc(-c2ccc(CO)nn2)c1OC. The van der Waals surface area contributed by atoms with Gasteiger partial charge in [0.2, 0.25) is 0 Å².